The molecule has 4 aromatic rings. The first-order valence-electron chi connectivity index (χ1n) is 13.6. The summed E-state index contributed by atoms with van der Waals surface area (Å²) >= 11 is 0. The molecular weight excluding hydrogens is 505 g/mol. The van der Waals surface area contributed by atoms with Gasteiger partial charge in [0.05, 0.1) is 28.5 Å². The molecule has 4 rings (SSSR count). The van der Waals surface area contributed by atoms with Gasteiger partial charge in [-0.1, -0.05) is 30.3 Å². The zero-order chi connectivity index (χ0) is 28.9. The molecule has 3 aromatic carbocycles. The standard InChI is InChI=1S/C33H36FN3O3/c1-22(23-11-7-6-8-12-23)37(5)32(39)25-17-20-27-29(21-25)35-28(13-9-10-14-30(38)40-33(2,3)4)31(36-27)24-15-18-26(34)19-16-24/h6-8,11-12,15-22H,9-10,13-14H2,1-5H3/t22-/m1/s1. The number of unbranched alkanes of at least 4 members (excludes halogenated alkanes) is 1. The Morgan fingerprint density at radius 1 is 0.925 bits per heavy atom. The summed E-state index contributed by atoms with van der Waals surface area (Å²) in [5, 5.41) is 0. The summed E-state index contributed by atoms with van der Waals surface area (Å²) in [6, 6.07) is 21.3. The third-order valence-electron chi connectivity index (χ3n) is 6.75. The lowest BCUT2D eigenvalue weighted by molar-refractivity contribution is -0.154. The highest BCUT2D eigenvalue weighted by Crippen LogP contribution is 2.27. The number of aryl methyl sites for hydroxylation is 1. The second-order valence-electron chi connectivity index (χ2n) is 11.0. The maximum Gasteiger partial charge on any atom is 0.306 e. The lowest BCUT2D eigenvalue weighted by Crippen LogP contribution is -2.29. The number of ether oxygens (including phenoxy) is 1. The lowest BCUT2D eigenvalue weighted by Gasteiger charge is -2.25. The van der Waals surface area contributed by atoms with Crippen molar-refractivity contribution in [1.82, 2.24) is 14.9 Å². The molecule has 0 unspecified atom stereocenters. The molecule has 0 saturated carbocycles. The highest BCUT2D eigenvalue weighted by molar-refractivity contribution is 5.97. The Hall–Kier alpha value is -4.13. The van der Waals surface area contributed by atoms with Gasteiger partial charge in [0.1, 0.15) is 11.4 Å². The molecule has 1 heterocycles. The summed E-state index contributed by atoms with van der Waals surface area (Å²) < 4.78 is 19.0. The van der Waals surface area contributed by atoms with E-state index in [1.54, 1.807) is 42.3 Å². The van der Waals surface area contributed by atoms with Crippen molar-refractivity contribution in [2.45, 2.75) is 65.0 Å². The minimum atomic E-state index is -0.515. The summed E-state index contributed by atoms with van der Waals surface area (Å²) in [5.74, 6) is -0.664. The van der Waals surface area contributed by atoms with Crippen LogP contribution in [0.2, 0.25) is 0 Å². The van der Waals surface area contributed by atoms with Gasteiger partial charge < -0.3 is 9.64 Å². The number of halogens is 1. The van der Waals surface area contributed by atoms with Crippen molar-refractivity contribution in [3.63, 3.8) is 0 Å². The van der Waals surface area contributed by atoms with E-state index < -0.39 is 5.60 Å². The fourth-order valence-corrected chi connectivity index (χ4v) is 4.53. The van der Waals surface area contributed by atoms with E-state index in [9.17, 15) is 14.0 Å². The monoisotopic (exact) mass is 541 g/mol. The number of hydrogen-bond donors (Lipinski definition) is 0. The number of fused-ring (bicyclic) bond motifs is 1. The quantitative estimate of drug-likeness (QED) is 0.164. The highest BCUT2D eigenvalue weighted by Gasteiger charge is 2.21. The first-order chi connectivity index (χ1) is 19.0. The van der Waals surface area contributed by atoms with E-state index in [1.165, 1.54) is 12.1 Å². The van der Waals surface area contributed by atoms with Crippen molar-refractivity contribution in [2.75, 3.05) is 7.05 Å². The van der Waals surface area contributed by atoms with Gasteiger partial charge in [0.2, 0.25) is 0 Å². The second-order valence-corrected chi connectivity index (χ2v) is 11.0. The number of benzene rings is 3. The number of rotatable bonds is 9. The van der Waals surface area contributed by atoms with Crippen LogP contribution in [0.3, 0.4) is 0 Å². The molecule has 208 valence electrons. The van der Waals surface area contributed by atoms with Gasteiger partial charge in [-0.3, -0.25) is 9.59 Å². The molecule has 7 heteroatoms. The molecule has 0 aliphatic heterocycles. The fraction of sp³-hybridized carbons (Fsp3) is 0.333. The topological polar surface area (TPSA) is 72.4 Å². The van der Waals surface area contributed by atoms with Crippen LogP contribution < -0.4 is 0 Å². The van der Waals surface area contributed by atoms with E-state index in [1.807, 2.05) is 58.0 Å². The molecule has 40 heavy (non-hydrogen) atoms. The Morgan fingerprint density at radius 3 is 2.30 bits per heavy atom. The highest BCUT2D eigenvalue weighted by atomic mass is 19.1. The SMILES string of the molecule is C[C@H](c1ccccc1)N(C)C(=O)c1ccc2nc(-c3ccc(F)cc3)c(CCCCC(=O)OC(C)(C)C)nc2c1. The summed E-state index contributed by atoms with van der Waals surface area (Å²) in [6.45, 7) is 7.55. The van der Waals surface area contributed by atoms with E-state index in [0.29, 0.717) is 48.0 Å². The Bertz CT molecular complexity index is 1480. The zero-order valence-electron chi connectivity index (χ0n) is 23.8. The lowest BCUT2D eigenvalue weighted by atomic mass is 10.0. The zero-order valence-corrected chi connectivity index (χ0v) is 23.8. The number of aromatic nitrogens is 2. The molecule has 0 spiro atoms. The van der Waals surface area contributed by atoms with E-state index in [-0.39, 0.29) is 23.7 Å². The minimum Gasteiger partial charge on any atom is -0.460 e. The molecule has 0 aliphatic carbocycles. The number of esters is 1. The van der Waals surface area contributed by atoms with Gasteiger partial charge in [-0.25, -0.2) is 14.4 Å². The summed E-state index contributed by atoms with van der Waals surface area (Å²) in [4.78, 5) is 37.0. The normalized spacial score (nSPS) is 12.2. The van der Waals surface area contributed by atoms with Gasteiger partial charge >= 0.3 is 5.97 Å². The van der Waals surface area contributed by atoms with E-state index in [4.69, 9.17) is 14.7 Å². The summed E-state index contributed by atoms with van der Waals surface area (Å²) in [7, 11) is 1.80. The third-order valence-corrected chi connectivity index (χ3v) is 6.75. The van der Waals surface area contributed by atoms with Crippen LogP contribution in [0.1, 0.15) is 74.6 Å². The Balaban J connectivity index is 1.59. The van der Waals surface area contributed by atoms with Crippen molar-refractivity contribution >= 4 is 22.9 Å². The van der Waals surface area contributed by atoms with Crippen LogP contribution in [0.4, 0.5) is 4.39 Å². The van der Waals surface area contributed by atoms with Crippen LogP contribution >= 0.6 is 0 Å². The van der Waals surface area contributed by atoms with Gasteiger partial charge in [0.15, 0.2) is 0 Å². The fourth-order valence-electron chi connectivity index (χ4n) is 4.53. The van der Waals surface area contributed by atoms with Gasteiger partial charge in [0, 0.05) is 24.6 Å². The van der Waals surface area contributed by atoms with Crippen LogP contribution in [0.25, 0.3) is 22.3 Å². The van der Waals surface area contributed by atoms with E-state index >= 15 is 0 Å². The second kappa shape index (κ2) is 12.4. The molecule has 0 fully saturated rings. The molecule has 6 nitrogen and oxygen atoms in total. The van der Waals surface area contributed by atoms with Crippen molar-refractivity contribution in [2.24, 2.45) is 0 Å². The molecule has 0 N–H and O–H groups in total. The van der Waals surface area contributed by atoms with Crippen LogP contribution in [0.15, 0.2) is 72.8 Å². The number of carbonyl (C=O) groups is 2. The van der Waals surface area contributed by atoms with Crippen molar-refractivity contribution in [1.29, 1.82) is 0 Å². The van der Waals surface area contributed by atoms with Crippen LogP contribution in [-0.4, -0.2) is 39.4 Å². The Labute approximate surface area is 235 Å². The van der Waals surface area contributed by atoms with Crippen LogP contribution in [-0.2, 0) is 16.0 Å². The van der Waals surface area contributed by atoms with Crippen molar-refractivity contribution in [3.05, 3.63) is 95.4 Å². The summed E-state index contributed by atoms with van der Waals surface area (Å²) in [6.07, 6.45) is 2.22. The molecule has 1 aromatic heterocycles. The molecule has 1 atom stereocenters. The van der Waals surface area contributed by atoms with Gasteiger partial charge in [0.25, 0.3) is 5.91 Å². The van der Waals surface area contributed by atoms with Crippen molar-refractivity contribution < 1.29 is 18.7 Å². The molecule has 0 aliphatic rings. The number of nitrogens with zero attached hydrogens (tertiary/aromatic N) is 3. The maximum absolute atomic E-state index is 13.6. The van der Waals surface area contributed by atoms with Gasteiger partial charge in [-0.15, -0.1) is 0 Å². The molecule has 0 saturated heterocycles. The van der Waals surface area contributed by atoms with E-state index in [2.05, 4.69) is 0 Å². The Kier molecular flexibility index (Phi) is 8.93. The number of hydrogen-bond acceptors (Lipinski definition) is 5. The smallest absolute Gasteiger partial charge is 0.306 e. The predicted octanol–water partition coefficient (Wildman–Crippen LogP) is 7.32. The molecule has 1 amide bonds. The maximum atomic E-state index is 13.6. The van der Waals surface area contributed by atoms with E-state index in [0.717, 1.165) is 16.8 Å². The largest absolute Gasteiger partial charge is 0.460 e. The van der Waals surface area contributed by atoms with Gasteiger partial charge in [-0.05, 0) is 95.0 Å². The first kappa shape index (κ1) is 28.9. The average molecular weight is 542 g/mol. The Morgan fingerprint density at radius 2 is 1.62 bits per heavy atom. The molecular formula is C33H36FN3O3. The first-order valence-corrected chi connectivity index (χ1v) is 13.6. The van der Waals surface area contributed by atoms with Crippen LogP contribution in [0.5, 0.6) is 0 Å². The van der Waals surface area contributed by atoms with Crippen molar-refractivity contribution in [3.8, 4) is 11.3 Å². The number of carbonyl (C=O) groups excluding carboxylic acids is 2. The third kappa shape index (κ3) is 7.29. The minimum absolute atomic E-state index is 0.100. The molecule has 0 radical (unpaired) electrons. The van der Waals surface area contributed by atoms with Gasteiger partial charge in [-0.2, -0.15) is 0 Å². The predicted molar refractivity (Wildman–Crippen MR) is 155 cm³/mol. The molecule has 0 bridgehead atoms. The number of amides is 1. The summed E-state index contributed by atoms with van der Waals surface area (Å²) in [5.41, 5.74) is 4.48. The average Bonchev–Trinajstić information content (AvgIpc) is 2.93. The van der Waals surface area contributed by atoms with Crippen LogP contribution in [0, 0.1) is 5.82 Å².